The number of hydrogen-bond donors (Lipinski definition) is 0. The van der Waals surface area contributed by atoms with E-state index in [0.29, 0.717) is 0 Å². The van der Waals surface area contributed by atoms with Crippen molar-refractivity contribution in [3.05, 3.63) is 89.4 Å². The highest BCUT2D eigenvalue weighted by molar-refractivity contribution is 6.30. The minimum absolute atomic E-state index is 0.782. The van der Waals surface area contributed by atoms with Gasteiger partial charge < -0.3 is 4.90 Å². The molecule has 26 heavy (non-hydrogen) atoms. The third kappa shape index (κ3) is 3.40. The van der Waals surface area contributed by atoms with Crippen LogP contribution in [0.5, 0.6) is 0 Å². The van der Waals surface area contributed by atoms with Crippen molar-refractivity contribution in [3.8, 4) is 0 Å². The van der Waals surface area contributed by atoms with Gasteiger partial charge in [-0.15, -0.1) is 0 Å². The van der Waals surface area contributed by atoms with E-state index in [9.17, 15) is 0 Å². The maximum Gasteiger partial charge on any atom is 0.0407 e. The fraction of sp³-hybridized carbons (Fsp3) is 0.167. The molecular weight excluding hydrogens is 338 g/mol. The Morgan fingerprint density at radius 2 is 1.35 bits per heavy atom. The molecule has 4 rings (SSSR count). The largest absolute Gasteiger partial charge is 0.375 e. The van der Waals surface area contributed by atoms with Gasteiger partial charge in [-0.3, -0.25) is 0 Å². The zero-order valence-electron chi connectivity index (χ0n) is 15.0. The fourth-order valence-corrected chi connectivity index (χ4v) is 3.82. The molecule has 0 atom stereocenters. The molecule has 0 aliphatic carbocycles. The second-order valence-electron chi connectivity index (χ2n) is 6.80. The van der Waals surface area contributed by atoms with Crippen LogP contribution in [0, 0.1) is 0 Å². The number of nitrogens with zero attached hydrogens (tertiary/aromatic N) is 1. The maximum absolute atomic E-state index is 5.99. The Morgan fingerprint density at radius 3 is 1.96 bits per heavy atom. The number of aryl methyl sites for hydroxylation is 1. The van der Waals surface area contributed by atoms with Crippen LogP contribution in [0.4, 0.5) is 5.69 Å². The first kappa shape index (κ1) is 16.9. The van der Waals surface area contributed by atoms with Crippen LogP contribution < -0.4 is 4.90 Å². The predicted octanol–water partition coefficient (Wildman–Crippen LogP) is 6.72. The Bertz CT molecular complexity index is 983. The van der Waals surface area contributed by atoms with Crippen molar-refractivity contribution in [2.24, 2.45) is 0 Å². The summed E-state index contributed by atoms with van der Waals surface area (Å²) in [7, 11) is 2.14. The number of benzene rings is 4. The van der Waals surface area contributed by atoms with Crippen LogP contribution in [0.1, 0.15) is 12.0 Å². The van der Waals surface area contributed by atoms with Crippen LogP contribution in [0.15, 0.2) is 78.9 Å². The molecular formula is C24H22ClN. The average Bonchev–Trinajstić information content (AvgIpc) is 2.68. The summed E-state index contributed by atoms with van der Waals surface area (Å²) in [6.07, 6.45) is 2.18. The van der Waals surface area contributed by atoms with Gasteiger partial charge in [-0.2, -0.15) is 0 Å². The van der Waals surface area contributed by atoms with Crippen LogP contribution in [-0.2, 0) is 6.42 Å². The Balaban J connectivity index is 1.59. The predicted molar refractivity (Wildman–Crippen MR) is 114 cm³/mol. The van der Waals surface area contributed by atoms with Gasteiger partial charge in [0, 0.05) is 24.3 Å². The highest BCUT2D eigenvalue weighted by Crippen LogP contribution is 2.29. The second-order valence-corrected chi connectivity index (χ2v) is 7.24. The fourth-order valence-electron chi connectivity index (χ4n) is 3.70. The summed E-state index contributed by atoms with van der Waals surface area (Å²) < 4.78 is 0. The minimum Gasteiger partial charge on any atom is -0.375 e. The van der Waals surface area contributed by atoms with E-state index < -0.39 is 0 Å². The number of hydrogen-bond acceptors (Lipinski definition) is 1. The third-order valence-electron chi connectivity index (χ3n) is 5.07. The Kier molecular flexibility index (Phi) is 4.81. The van der Waals surface area contributed by atoms with Crippen LogP contribution in [0.25, 0.3) is 21.5 Å². The Hall–Kier alpha value is -2.51. The van der Waals surface area contributed by atoms with Gasteiger partial charge in [0.2, 0.25) is 0 Å². The average molecular weight is 360 g/mol. The molecule has 130 valence electrons. The van der Waals surface area contributed by atoms with Crippen molar-refractivity contribution < 1.29 is 0 Å². The van der Waals surface area contributed by atoms with Gasteiger partial charge in [-0.05, 0) is 70.3 Å². The van der Waals surface area contributed by atoms with Crippen molar-refractivity contribution in [1.82, 2.24) is 0 Å². The first-order chi connectivity index (χ1) is 12.7. The van der Waals surface area contributed by atoms with Crippen molar-refractivity contribution >= 4 is 38.8 Å². The molecule has 0 bridgehead atoms. The quantitative estimate of drug-likeness (QED) is 0.358. The number of rotatable bonds is 5. The van der Waals surface area contributed by atoms with Crippen LogP contribution in [-0.4, -0.2) is 13.6 Å². The summed E-state index contributed by atoms with van der Waals surface area (Å²) in [4.78, 5) is 2.30. The maximum atomic E-state index is 5.99. The highest BCUT2D eigenvalue weighted by atomic mass is 35.5. The molecule has 0 aliphatic heterocycles. The second kappa shape index (κ2) is 7.39. The first-order valence-electron chi connectivity index (χ1n) is 9.08. The topological polar surface area (TPSA) is 3.24 Å². The molecule has 4 aromatic rings. The van der Waals surface area contributed by atoms with Gasteiger partial charge in [0.05, 0.1) is 0 Å². The van der Waals surface area contributed by atoms with Gasteiger partial charge >= 0.3 is 0 Å². The standard InChI is InChI=1S/C24H22ClN/c1-26(21-14-12-20(25)13-15-21)16-6-11-24-22-9-4-2-7-18(22)17-19-8-3-5-10-23(19)24/h2-5,7-10,12-15,17H,6,11,16H2,1H3. The smallest absolute Gasteiger partial charge is 0.0407 e. The zero-order valence-corrected chi connectivity index (χ0v) is 15.7. The third-order valence-corrected chi connectivity index (χ3v) is 5.32. The molecule has 2 heteroatoms. The molecule has 0 radical (unpaired) electrons. The molecule has 0 spiro atoms. The lowest BCUT2D eigenvalue weighted by Crippen LogP contribution is -2.18. The molecule has 0 unspecified atom stereocenters. The van der Waals surface area contributed by atoms with E-state index in [4.69, 9.17) is 11.6 Å². The number of fused-ring (bicyclic) bond motifs is 2. The summed E-state index contributed by atoms with van der Waals surface area (Å²) in [5.74, 6) is 0. The molecule has 0 saturated heterocycles. The Labute approximate surface area is 159 Å². The summed E-state index contributed by atoms with van der Waals surface area (Å²) in [6, 6.07) is 27.8. The first-order valence-corrected chi connectivity index (χ1v) is 9.46. The van der Waals surface area contributed by atoms with E-state index in [1.165, 1.54) is 32.8 Å². The highest BCUT2D eigenvalue weighted by Gasteiger charge is 2.08. The normalized spacial score (nSPS) is 11.2. The van der Waals surface area contributed by atoms with Crippen LogP contribution >= 0.6 is 11.6 Å². The molecule has 0 amide bonds. The van der Waals surface area contributed by atoms with Crippen LogP contribution in [0.2, 0.25) is 5.02 Å². The van der Waals surface area contributed by atoms with E-state index in [2.05, 4.69) is 78.7 Å². The molecule has 0 fully saturated rings. The summed E-state index contributed by atoms with van der Waals surface area (Å²) in [5.41, 5.74) is 2.67. The van der Waals surface area contributed by atoms with Gasteiger partial charge in [-0.25, -0.2) is 0 Å². The minimum atomic E-state index is 0.782. The van der Waals surface area contributed by atoms with Crippen molar-refractivity contribution in [3.63, 3.8) is 0 Å². The van der Waals surface area contributed by atoms with Crippen molar-refractivity contribution in [2.45, 2.75) is 12.8 Å². The van der Waals surface area contributed by atoms with Crippen molar-refractivity contribution in [1.29, 1.82) is 0 Å². The summed E-state index contributed by atoms with van der Waals surface area (Å²) in [5, 5.41) is 6.18. The lowest BCUT2D eigenvalue weighted by molar-refractivity contribution is 0.791. The van der Waals surface area contributed by atoms with E-state index in [0.717, 1.165) is 24.4 Å². The van der Waals surface area contributed by atoms with E-state index in [1.807, 2.05) is 12.1 Å². The molecule has 0 aliphatic rings. The molecule has 4 aromatic carbocycles. The number of halogens is 1. The zero-order chi connectivity index (χ0) is 17.9. The van der Waals surface area contributed by atoms with Gasteiger partial charge in [0.1, 0.15) is 0 Å². The SMILES string of the molecule is CN(CCCc1c2ccccc2cc2ccccc12)c1ccc(Cl)cc1. The van der Waals surface area contributed by atoms with Gasteiger partial charge in [-0.1, -0.05) is 60.1 Å². The molecule has 0 aromatic heterocycles. The number of anilines is 1. The van der Waals surface area contributed by atoms with Gasteiger partial charge in [0.15, 0.2) is 0 Å². The van der Waals surface area contributed by atoms with Crippen molar-refractivity contribution in [2.75, 3.05) is 18.5 Å². The molecule has 0 heterocycles. The molecule has 0 saturated carbocycles. The monoisotopic (exact) mass is 359 g/mol. The van der Waals surface area contributed by atoms with E-state index >= 15 is 0 Å². The van der Waals surface area contributed by atoms with E-state index in [1.54, 1.807) is 0 Å². The van der Waals surface area contributed by atoms with Crippen LogP contribution in [0.3, 0.4) is 0 Å². The summed E-state index contributed by atoms with van der Waals surface area (Å²) >= 11 is 5.99. The van der Waals surface area contributed by atoms with E-state index in [-0.39, 0.29) is 0 Å². The lowest BCUT2D eigenvalue weighted by atomic mass is 9.94. The lowest BCUT2D eigenvalue weighted by Gasteiger charge is -2.20. The summed E-state index contributed by atoms with van der Waals surface area (Å²) in [6.45, 7) is 1.01. The van der Waals surface area contributed by atoms with Gasteiger partial charge in [0.25, 0.3) is 0 Å². The Morgan fingerprint density at radius 1 is 0.769 bits per heavy atom. The molecule has 0 N–H and O–H groups in total. The molecule has 1 nitrogen and oxygen atoms in total.